The van der Waals surface area contributed by atoms with Crippen LogP contribution in [0.3, 0.4) is 0 Å². The molecular weight excluding hydrogens is 134 g/mol. The standard InChI is InChI=1S/C10H19N/c1-3-10-8-4-5-9(10)7-11(2)6-8/h8-10H,3-7H2,1-2H3. The van der Waals surface area contributed by atoms with E-state index < -0.39 is 0 Å². The van der Waals surface area contributed by atoms with Crippen LogP contribution in [-0.4, -0.2) is 25.0 Å². The topological polar surface area (TPSA) is 3.24 Å². The molecule has 2 unspecified atom stereocenters. The van der Waals surface area contributed by atoms with Crippen molar-refractivity contribution in [2.24, 2.45) is 17.8 Å². The first-order chi connectivity index (χ1) is 5.31. The third kappa shape index (κ3) is 1.20. The number of nitrogens with zero attached hydrogens (tertiary/aromatic N) is 1. The van der Waals surface area contributed by atoms with E-state index in [2.05, 4.69) is 18.9 Å². The molecule has 2 aliphatic rings. The zero-order chi connectivity index (χ0) is 7.84. The maximum atomic E-state index is 2.52. The third-order valence-electron chi connectivity index (χ3n) is 3.68. The number of piperidine rings is 1. The summed E-state index contributed by atoms with van der Waals surface area (Å²) in [6, 6.07) is 0. The number of hydrogen-bond donors (Lipinski definition) is 0. The predicted molar refractivity (Wildman–Crippen MR) is 47.5 cm³/mol. The number of likely N-dealkylation sites (tertiary alicyclic amines) is 1. The summed E-state index contributed by atoms with van der Waals surface area (Å²) in [6.07, 6.45) is 4.43. The molecule has 1 saturated heterocycles. The lowest BCUT2D eigenvalue weighted by Crippen LogP contribution is -2.39. The van der Waals surface area contributed by atoms with E-state index in [0.29, 0.717) is 0 Å². The minimum atomic E-state index is 1.05. The van der Waals surface area contributed by atoms with Gasteiger partial charge in [0.05, 0.1) is 0 Å². The second kappa shape index (κ2) is 2.78. The Labute approximate surface area is 69.8 Å². The number of rotatable bonds is 1. The molecule has 64 valence electrons. The zero-order valence-electron chi connectivity index (χ0n) is 7.71. The SMILES string of the molecule is CCC1C2CCC1CN(C)C2. The quantitative estimate of drug-likeness (QED) is 0.557. The first-order valence-electron chi connectivity index (χ1n) is 4.99. The lowest BCUT2D eigenvalue weighted by atomic mass is 9.83. The molecule has 1 aliphatic heterocycles. The van der Waals surface area contributed by atoms with Crippen molar-refractivity contribution in [3.8, 4) is 0 Å². The van der Waals surface area contributed by atoms with Gasteiger partial charge in [-0.1, -0.05) is 13.3 Å². The minimum absolute atomic E-state index is 1.05. The van der Waals surface area contributed by atoms with Gasteiger partial charge in [-0.3, -0.25) is 0 Å². The minimum Gasteiger partial charge on any atom is -0.306 e. The van der Waals surface area contributed by atoms with E-state index in [0.717, 1.165) is 17.8 Å². The summed E-state index contributed by atoms with van der Waals surface area (Å²) in [5, 5.41) is 0. The molecule has 2 fully saturated rings. The van der Waals surface area contributed by atoms with Gasteiger partial charge in [0, 0.05) is 13.1 Å². The lowest BCUT2D eigenvalue weighted by molar-refractivity contribution is 0.130. The van der Waals surface area contributed by atoms with E-state index in [4.69, 9.17) is 0 Å². The Bertz CT molecular complexity index is 130. The van der Waals surface area contributed by atoms with E-state index in [1.807, 2.05) is 0 Å². The summed E-state index contributed by atoms with van der Waals surface area (Å²) < 4.78 is 0. The van der Waals surface area contributed by atoms with Gasteiger partial charge in [0.1, 0.15) is 0 Å². The highest BCUT2D eigenvalue weighted by atomic mass is 15.1. The molecule has 0 aromatic rings. The van der Waals surface area contributed by atoms with Crippen molar-refractivity contribution in [1.29, 1.82) is 0 Å². The molecule has 0 aromatic heterocycles. The molecule has 0 amide bonds. The third-order valence-corrected chi connectivity index (χ3v) is 3.68. The van der Waals surface area contributed by atoms with Crippen molar-refractivity contribution in [1.82, 2.24) is 4.90 Å². The van der Waals surface area contributed by atoms with Crippen molar-refractivity contribution in [3.05, 3.63) is 0 Å². The zero-order valence-corrected chi connectivity index (χ0v) is 7.71. The van der Waals surface area contributed by atoms with Crippen LogP contribution in [0.1, 0.15) is 26.2 Å². The molecular formula is C10H19N. The highest BCUT2D eigenvalue weighted by Crippen LogP contribution is 2.42. The van der Waals surface area contributed by atoms with E-state index in [1.54, 1.807) is 0 Å². The highest BCUT2D eigenvalue weighted by Gasteiger charge is 2.39. The van der Waals surface area contributed by atoms with E-state index >= 15 is 0 Å². The summed E-state index contributed by atoms with van der Waals surface area (Å²) in [7, 11) is 2.28. The molecule has 1 saturated carbocycles. The Morgan fingerprint density at radius 2 is 1.73 bits per heavy atom. The van der Waals surface area contributed by atoms with Crippen LogP contribution >= 0.6 is 0 Å². The fraction of sp³-hybridized carbons (Fsp3) is 1.00. The molecule has 1 heteroatoms. The van der Waals surface area contributed by atoms with Crippen LogP contribution < -0.4 is 0 Å². The summed E-state index contributed by atoms with van der Waals surface area (Å²) in [4.78, 5) is 2.52. The van der Waals surface area contributed by atoms with Crippen LogP contribution in [0.5, 0.6) is 0 Å². The van der Waals surface area contributed by atoms with Crippen LogP contribution in [0, 0.1) is 17.8 Å². The molecule has 11 heavy (non-hydrogen) atoms. The maximum absolute atomic E-state index is 2.52. The average molecular weight is 153 g/mol. The summed E-state index contributed by atoms with van der Waals surface area (Å²) in [5.41, 5.74) is 0. The fourth-order valence-corrected chi connectivity index (χ4v) is 3.24. The predicted octanol–water partition coefficient (Wildman–Crippen LogP) is 1.98. The van der Waals surface area contributed by atoms with Gasteiger partial charge >= 0.3 is 0 Å². The van der Waals surface area contributed by atoms with Crippen molar-refractivity contribution in [2.45, 2.75) is 26.2 Å². The van der Waals surface area contributed by atoms with Crippen LogP contribution in [-0.2, 0) is 0 Å². The van der Waals surface area contributed by atoms with Gasteiger partial charge in [-0.15, -0.1) is 0 Å². The molecule has 0 radical (unpaired) electrons. The Morgan fingerprint density at radius 1 is 1.18 bits per heavy atom. The van der Waals surface area contributed by atoms with Crippen LogP contribution in [0.15, 0.2) is 0 Å². The second-order valence-corrected chi connectivity index (χ2v) is 4.39. The lowest BCUT2D eigenvalue weighted by Gasteiger charge is -2.35. The summed E-state index contributed by atoms with van der Waals surface area (Å²) in [6.45, 7) is 5.10. The largest absolute Gasteiger partial charge is 0.306 e. The molecule has 0 spiro atoms. The first-order valence-corrected chi connectivity index (χ1v) is 4.99. The van der Waals surface area contributed by atoms with E-state index in [-0.39, 0.29) is 0 Å². The van der Waals surface area contributed by atoms with Gasteiger partial charge in [0.25, 0.3) is 0 Å². The van der Waals surface area contributed by atoms with Crippen molar-refractivity contribution >= 4 is 0 Å². The monoisotopic (exact) mass is 153 g/mol. The molecule has 1 aliphatic carbocycles. The van der Waals surface area contributed by atoms with Gasteiger partial charge in [-0.2, -0.15) is 0 Å². The van der Waals surface area contributed by atoms with Crippen LogP contribution in [0.4, 0.5) is 0 Å². The summed E-state index contributed by atoms with van der Waals surface area (Å²) >= 11 is 0. The fourth-order valence-electron chi connectivity index (χ4n) is 3.24. The van der Waals surface area contributed by atoms with Gasteiger partial charge in [0.15, 0.2) is 0 Å². The van der Waals surface area contributed by atoms with Crippen molar-refractivity contribution in [2.75, 3.05) is 20.1 Å². The molecule has 1 nitrogen and oxygen atoms in total. The first kappa shape index (κ1) is 7.60. The molecule has 0 N–H and O–H groups in total. The van der Waals surface area contributed by atoms with Gasteiger partial charge in [0.2, 0.25) is 0 Å². The van der Waals surface area contributed by atoms with E-state index in [9.17, 15) is 0 Å². The summed E-state index contributed by atoms with van der Waals surface area (Å²) in [5.74, 6) is 3.17. The molecule has 2 atom stereocenters. The van der Waals surface area contributed by atoms with Gasteiger partial charge in [-0.25, -0.2) is 0 Å². The molecule has 1 heterocycles. The Balaban J connectivity index is 2.06. The van der Waals surface area contributed by atoms with E-state index in [1.165, 1.54) is 32.4 Å². The Morgan fingerprint density at radius 3 is 2.18 bits per heavy atom. The van der Waals surface area contributed by atoms with Crippen LogP contribution in [0.25, 0.3) is 0 Å². The van der Waals surface area contributed by atoms with Crippen LogP contribution in [0.2, 0.25) is 0 Å². The number of fused-ring (bicyclic) bond motifs is 2. The highest BCUT2D eigenvalue weighted by molar-refractivity contribution is 4.90. The Kier molecular flexibility index (Phi) is 1.92. The Hall–Kier alpha value is -0.0400. The van der Waals surface area contributed by atoms with Crippen molar-refractivity contribution < 1.29 is 0 Å². The average Bonchev–Trinajstić information content (AvgIpc) is 2.23. The molecule has 0 aromatic carbocycles. The normalized spacial score (nSPS) is 44.7. The van der Waals surface area contributed by atoms with Gasteiger partial charge < -0.3 is 4.90 Å². The van der Waals surface area contributed by atoms with Gasteiger partial charge in [-0.05, 0) is 37.6 Å². The molecule has 2 rings (SSSR count). The second-order valence-electron chi connectivity index (χ2n) is 4.39. The molecule has 2 bridgehead atoms. The smallest absolute Gasteiger partial charge is 0.000948 e. The number of hydrogen-bond acceptors (Lipinski definition) is 1. The van der Waals surface area contributed by atoms with Crippen molar-refractivity contribution in [3.63, 3.8) is 0 Å². The maximum Gasteiger partial charge on any atom is 0.000948 e.